The summed E-state index contributed by atoms with van der Waals surface area (Å²) >= 11 is 0. The average molecular weight is 605 g/mol. The number of carbonyl (C=O) groups is 2. The van der Waals surface area contributed by atoms with Gasteiger partial charge in [0.2, 0.25) is 0 Å². The predicted molar refractivity (Wildman–Crippen MR) is 179 cm³/mol. The lowest BCUT2D eigenvalue weighted by atomic mass is 10.0. The van der Waals surface area contributed by atoms with Crippen molar-refractivity contribution in [2.45, 2.75) is 92.5 Å². The van der Waals surface area contributed by atoms with Crippen LogP contribution in [-0.4, -0.2) is 57.1 Å². The number of benzene rings is 1. The van der Waals surface area contributed by atoms with E-state index in [-0.39, 0.29) is 17.5 Å². The van der Waals surface area contributed by atoms with Gasteiger partial charge in [0.05, 0.1) is 11.3 Å². The van der Waals surface area contributed by atoms with Crippen LogP contribution in [-0.2, 0) is 4.79 Å². The highest BCUT2D eigenvalue weighted by Crippen LogP contribution is 2.29. The van der Waals surface area contributed by atoms with Crippen molar-refractivity contribution in [1.82, 2.24) is 14.8 Å². The minimum Gasteiger partial charge on any atom is -0.478 e. The van der Waals surface area contributed by atoms with Crippen molar-refractivity contribution in [1.29, 1.82) is 0 Å². The zero-order valence-corrected chi connectivity index (χ0v) is 27.5. The Bertz CT molecular complexity index is 1380. The number of aliphatic imine (C=N–C) groups is 1. The van der Waals surface area contributed by atoms with Gasteiger partial charge in [-0.25, -0.2) is 14.2 Å². The minimum atomic E-state index is -1.07. The molecule has 7 nitrogen and oxygen atoms in total. The average Bonchev–Trinajstić information content (AvgIpc) is 3.26. The first-order chi connectivity index (χ1) is 21.2. The topological polar surface area (TPSA) is 86.1 Å². The van der Waals surface area contributed by atoms with Crippen LogP contribution in [0.3, 0.4) is 0 Å². The molecule has 2 aromatic rings. The second-order valence-corrected chi connectivity index (χ2v) is 10.5. The molecule has 3 heterocycles. The van der Waals surface area contributed by atoms with Gasteiger partial charge in [-0.05, 0) is 68.5 Å². The molecule has 2 aliphatic heterocycles. The van der Waals surface area contributed by atoms with Crippen molar-refractivity contribution in [2.75, 3.05) is 13.6 Å². The van der Waals surface area contributed by atoms with Gasteiger partial charge in [0.25, 0.3) is 5.91 Å². The number of likely N-dealkylation sites (tertiary alicyclic amines) is 1. The number of unbranched alkanes of at least 4 members (excludes halogenated alkanes) is 1. The third-order valence-corrected chi connectivity index (χ3v) is 7.56. The Morgan fingerprint density at radius 3 is 2.45 bits per heavy atom. The smallest absolute Gasteiger partial charge is 0.337 e. The number of halogens is 1. The first kappa shape index (κ1) is 36.1. The van der Waals surface area contributed by atoms with Crippen molar-refractivity contribution in [3.8, 4) is 11.3 Å². The van der Waals surface area contributed by atoms with Gasteiger partial charge in [-0.15, -0.1) is 0 Å². The molecule has 0 spiro atoms. The molecule has 0 radical (unpaired) electrons. The van der Waals surface area contributed by atoms with Gasteiger partial charge >= 0.3 is 5.97 Å². The molecule has 1 saturated heterocycles. The molecule has 1 aromatic heterocycles. The number of allylic oxidation sites excluding steroid dienone is 3. The number of carbonyl (C=O) groups excluding carboxylic acids is 1. The highest BCUT2D eigenvalue weighted by molar-refractivity contribution is 6.43. The van der Waals surface area contributed by atoms with Crippen LogP contribution in [0.5, 0.6) is 0 Å². The van der Waals surface area contributed by atoms with Crippen molar-refractivity contribution in [3.05, 3.63) is 83.7 Å². The molecule has 1 atom stereocenters. The Labute approximate surface area is 262 Å². The van der Waals surface area contributed by atoms with E-state index in [4.69, 9.17) is 10.1 Å². The molecule has 238 valence electrons. The van der Waals surface area contributed by atoms with Crippen LogP contribution in [0.1, 0.15) is 102 Å². The summed E-state index contributed by atoms with van der Waals surface area (Å²) in [7, 11) is 1.91. The maximum Gasteiger partial charge on any atom is 0.337 e. The summed E-state index contributed by atoms with van der Waals surface area (Å²) in [5, 5.41) is 9.08. The second kappa shape index (κ2) is 17.9. The minimum absolute atomic E-state index is 0.0634. The lowest BCUT2D eigenvalue weighted by Crippen LogP contribution is -2.43. The Balaban J connectivity index is 0.00000162. The number of carboxylic acid groups (broad SMARTS) is 1. The number of aromatic nitrogens is 1. The summed E-state index contributed by atoms with van der Waals surface area (Å²) < 4.78 is 15.3. The standard InChI is InChI=1S/C32H37FN4O3.2C2H6/c1-5-6-11-25-19-29(31(38)37-16-9-7-8-10-22(37)3)35-30(36(25)4)17-21(2)26-14-12-23(18-27(26)33)28-15-13-24(20-34-28)32(39)40;2*1-2/h12-15,17-20,22H,2,5-11,16H2,1,3-4H3,(H,39,40);2*1-2H3/b30-17-;;. The molecule has 0 bridgehead atoms. The van der Waals surface area contributed by atoms with E-state index in [1.165, 1.54) is 18.3 Å². The van der Waals surface area contributed by atoms with E-state index in [2.05, 4.69) is 25.4 Å². The van der Waals surface area contributed by atoms with Crippen molar-refractivity contribution in [3.63, 3.8) is 0 Å². The maximum atomic E-state index is 15.3. The highest BCUT2D eigenvalue weighted by atomic mass is 19.1. The van der Waals surface area contributed by atoms with Gasteiger partial charge in [-0.1, -0.05) is 72.6 Å². The molecule has 1 unspecified atom stereocenters. The summed E-state index contributed by atoms with van der Waals surface area (Å²) in [6.07, 6.45) is 11.9. The van der Waals surface area contributed by atoms with E-state index in [1.807, 2.05) is 50.6 Å². The monoisotopic (exact) mass is 604 g/mol. The second-order valence-electron chi connectivity index (χ2n) is 10.5. The zero-order valence-electron chi connectivity index (χ0n) is 27.5. The Morgan fingerprint density at radius 1 is 1.11 bits per heavy atom. The van der Waals surface area contributed by atoms with Crippen LogP contribution in [0, 0.1) is 5.82 Å². The van der Waals surface area contributed by atoms with E-state index >= 15 is 4.39 Å². The molecular weight excluding hydrogens is 555 g/mol. The molecule has 1 fully saturated rings. The van der Waals surface area contributed by atoms with E-state index in [1.54, 1.807) is 24.3 Å². The third-order valence-electron chi connectivity index (χ3n) is 7.56. The molecule has 4 rings (SSSR count). The third kappa shape index (κ3) is 9.21. The maximum absolute atomic E-state index is 15.3. The Kier molecular flexibility index (Phi) is 14.7. The molecule has 0 aliphatic carbocycles. The van der Waals surface area contributed by atoms with Gasteiger partial charge in [0, 0.05) is 42.7 Å². The van der Waals surface area contributed by atoms with E-state index in [9.17, 15) is 9.59 Å². The molecule has 44 heavy (non-hydrogen) atoms. The number of hydrogen-bond acceptors (Lipinski definition) is 5. The number of carboxylic acids is 1. The fourth-order valence-corrected chi connectivity index (χ4v) is 5.05. The van der Waals surface area contributed by atoms with Crippen LogP contribution in [0.25, 0.3) is 16.8 Å². The number of rotatable bonds is 8. The fourth-order valence-electron chi connectivity index (χ4n) is 5.05. The van der Waals surface area contributed by atoms with Gasteiger partial charge in [0.1, 0.15) is 17.3 Å². The Morgan fingerprint density at radius 2 is 1.84 bits per heavy atom. The van der Waals surface area contributed by atoms with Crippen LogP contribution in [0.15, 0.2) is 71.8 Å². The van der Waals surface area contributed by atoms with Gasteiger partial charge in [-0.3, -0.25) is 9.78 Å². The van der Waals surface area contributed by atoms with E-state index in [0.29, 0.717) is 33.9 Å². The number of hydrogen-bond donors (Lipinski definition) is 1. The Hall–Kier alpha value is -4.07. The van der Waals surface area contributed by atoms with Gasteiger partial charge in [0.15, 0.2) is 0 Å². The fraction of sp³-hybridized carbons (Fsp3) is 0.444. The molecule has 1 N–H and O–H groups in total. The largest absolute Gasteiger partial charge is 0.478 e. The van der Waals surface area contributed by atoms with Crippen molar-refractivity contribution in [2.24, 2.45) is 4.99 Å². The first-order valence-corrected chi connectivity index (χ1v) is 15.9. The summed E-state index contributed by atoms with van der Waals surface area (Å²) in [4.78, 5) is 37.5. The quantitative estimate of drug-likeness (QED) is 0.326. The summed E-state index contributed by atoms with van der Waals surface area (Å²) in [5.41, 5.74) is 3.19. The van der Waals surface area contributed by atoms with Crippen LogP contribution >= 0.6 is 0 Å². The summed E-state index contributed by atoms with van der Waals surface area (Å²) in [6, 6.07) is 7.86. The summed E-state index contributed by atoms with van der Waals surface area (Å²) in [6.45, 7) is 17.1. The van der Waals surface area contributed by atoms with Crippen molar-refractivity contribution < 1.29 is 19.1 Å². The predicted octanol–water partition coefficient (Wildman–Crippen LogP) is 8.74. The van der Waals surface area contributed by atoms with Crippen LogP contribution in [0.4, 0.5) is 4.39 Å². The molecule has 1 amide bonds. The highest BCUT2D eigenvalue weighted by Gasteiger charge is 2.28. The van der Waals surface area contributed by atoms with Crippen molar-refractivity contribution >= 4 is 23.2 Å². The van der Waals surface area contributed by atoms with Crippen LogP contribution in [0.2, 0.25) is 0 Å². The number of aromatic carboxylic acids is 1. The molecule has 0 saturated carbocycles. The lowest BCUT2D eigenvalue weighted by Gasteiger charge is -2.31. The number of nitrogens with zero attached hydrogens (tertiary/aromatic N) is 4. The molecule has 2 aliphatic rings. The summed E-state index contributed by atoms with van der Waals surface area (Å²) in [5.74, 6) is -1.08. The van der Waals surface area contributed by atoms with E-state index < -0.39 is 11.8 Å². The van der Waals surface area contributed by atoms with Crippen LogP contribution < -0.4 is 0 Å². The van der Waals surface area contributed by atoms with E-state index in [0.717, 1.165) is 57.2 Å². The zero-order chi connectivity index (χ0) is 32.8. The van der Waals surface area contributed by atoms with Gasteiger partial charge < -0.3 is 14.9 Å². The lowest BCUT2D eigenvalue weighted by molar-refractivity contribution is -0.125. The number of pyridine rings is 1. The molecule has 8 heteroatoms. The number of amides is 1. The molecular formula is C36H49FN4O3. The SMILES string of the molecule is C=C(/C=C1/N=C(C(=O)N2CCCCCC2C)C=C(CCCC)N1C)c1ccc(-c2ccc(C(=O)O)cn2)cc1F.CC.CC. The first-order valence-electron chi connectivity index (χ1n) is 15.9. The molecule has 1 aromatic carbocycles. The van der Waals surface area contributed by atoms with Gasteiger partial charge in [-0.2, -0.15) is 0 Å². The normalized spacial score (nSPS) is 17.3.